The van der Waals surface area contributed by atoms with Gasteiger partial charge in [-0.1, -0.05) is 109 Å². The zero-order valence-corrected chi connectivity index (χ0v) is 27.2. The van der Waals surface area contributed by atoms with Gasteiger partial charge in [0.05, 0.1) is 6.04 Å². The summed E-state index contributed by atoms with van der Waals surface area (Å²) in [4.78, 5) is 42.0. The van der Waals surface area contributed by atoms with Crippen molar-refractivity contribution in [2.45, 2.75) is 24.8 Å². The first-order valence-electron chi connectivity index (χ1n) is 16.3. The highest BCUT2D eigenvalue weighted by Gasteiger charge is 2.31. The smallest absolute Gasteiger partial charge is 0.407 e. The van der Waals surface area contributed by atoms with E-state index >= 15 is 0 Å². The van der Waals surface area contributed by atoms with E-state index in [1.165, 1.54) is 4.90 Å². The molecule has 0 fully saturated rings. The van der Waals surface area contributed by atoms with Gasteiger partial charge in [-0.05, 0) is 70.1 Å². The first kappa shape index (κ1) is 32.5. The minimum atomic E-state index is -1.15. The Kier molecular flexibility index (Phi) is 9.83. The maximum absolute atomic E-state index is 13.4. The second-order valence-corrected chi connectivity index (χ2v) is 12.3. The van der Waals surface area contributed by atoms with Crippen LogP contribution in [0.1, 0.15) is 28.2 Å². The van der Waals surface area contributed by atoms with Gasteiger partial charge in [-0.15, -0.1) is 0 Å². The van der Waals surface area contributed by atoms with Gasteiger partial charge in [-0.3, -0.25) is 14.5 Å². The number of carboxylic acid groups (broad SMARTS) is 1. The zero-order valence-electron chi connectivity index (χ0n) is 27.2. The second-order valence-electron chi connectivity index (χ2n) is 12.3. The lowest BCUT2D eigenvalue weighted by Crippen LogP contribution is -2.45. The van der Waals surface area contributed by atoms with E-state index in [4.69, 9.17) is 0 Å². The van der Waals surface area contributed by atoms with E-state index in [9.17, 15) is 19.5 Å². The van der Waals surface area contributed by atoms with Crippen LogP contribution in [0.5, 0.6) is 0 Å². The third-order valence-corrected chi connectivity index (χ3v) is 9.26. The highest BCUT2D eigenvalue weighted by Crippen LogP contribution is 2.44. The molecule has 6 rings (SSSR count). The Morgan fingerprint density at radius 3 is 2.10 bits per heavy atom. The maximum atomic E-state index is 13.4. The molecule has 48 heavy (non-hydrogen) atoms. The van der Waals surface area contributed by atoms with Gasteiger partial charge < -0.3 is 20.6 Å². The summed E-state index contributed by atoms with van der Waals surface area (Å²) in [5.74, 6) is -0.594. The summed E-state index contributed by atoms with van der Waals surface area (Å²) in [6.45, 7) is 0.308. The average Bonchev–Trinajstić information content (AvgIpc) is 3.42. The summed E-state index contributed by atoms with van der Waals surface area (Å²) in [6.07, 6.45) is -0.0678. The van der Waals surface area contributed by atoms with Crippen LogP contribution in [0.3, 0.4) is 0 Å². The summed E-state index contributed by atoms with van der Waals surface area (Å²) in [5.41, 5.74) is 6.87. The van der Waals surface area contributed by atoms with Crippen LogP contribution in [0, 0.1) is 0 Å². The van der Waals surface area contributed by atoms with Crippen LogP contribution in [0.15, 0.2) is 115 Å². The topological polar surface area (TPSA) is 102 Å². The summed E-state index contributed by atoms with van der Waals surface area (Å²) in [7, 11) is 3.59. The molecule has 8 nitrogen and oxygen atoms in total. The van der Waals surface area contributed by atoms with Crippen LogP contribution >= 0.6 is 0 Å². The normalized spacial score (nSPS) is 12.6. The molecule has 0 spiro atoms. The van der Waals surface area contributed by atoms with Crippen LogP contribution in [0.4, 0.5) is 10.5 Å². The number of anilines is 1. The molecule has 3 N–H and O–H groups in total. The van der Waals surface area contributed by atoms with Gasteiger partial charge in [-0.2, -0.15) is 0 Å². The molecule has 0 unspecified atom stereocenters. The Balaban J connectivity index is 1.07. The molecule has 244 valence electrons. The second kappa shape index (κ2) is 14.5. The van der Waals surface area contributed by atoms with E-state index in [1.807, 2.05) is 66.7 Å². The van der Waals surface area contributed by atoms with E-state index in [0.29, 0.717) is 25.1 Å². The van der Waals surface area contributed by atoms with Gasteiger partial charge in [-0.25, -0.2) is 4.79 Å². The molecule has 0 aromatic heterocycles. The quantitative estimate of drug-likeness (QED) is 0.147. The third-order valence-electron chi connectivity index (χ3n) is 9.26. The summed E-state index contributed by atoms with van der Waals surface area (Å²) in [5, 5.41) is 18.5. The number of benzene rings is 5. The lowest BCUT2D eigenvalue weighted by Gasteiger charge is -2.25. The minimum Gasteiger partial charge on any atom is -0.465 e. The largest absolute Gasteiger partial charge is 0.465 e. The molecule has 0 saturated heterocycles. The van der Waals surface area contributed by atoms with Crippen molar-refractivity contribution in [1.29, 1.82) is 0 Å². The molecule has 8 heteroatoms. The highest BCUT2D eigenvalue weighted by atomic mass is 16.4. The van der Waals surface area contributed by atoms with E-state index in [0.717, 1.165) is 44.2 Å². The molecule has 5 aromatic rings. The molecule has 3 amide bonds. The maximum Gasteiger partial charge on any atom is 0.407 e. The number of carbonyl (C=O) groups is 3. The van der Waals surface area contributed by atoms with Crippen LogP contribution < -0.4 is 10.6 Å². The van der Waals surface area contributed by atoms with Crippen molar-refractivity contribution in [3.05, 3.63) is 138 Å². The zero-order chi connectivity index (χ0) is 33.6. The first-order valence-corrected chi connectivity index (χ1v) is 16.3. The lowest BCUT2D eigenvalue weighted by atomic mass is 9.96. The van der Waals surface area contributed by atoms with Crippen molar-refractivity contribution in [3.63, 3.8) is 0 Å². The third kappa shape index (κ3) is 7.09. The Labute approximate surface area is 281 Å². The fourth-order valence-electron chi connectivity index (χ4n) is 6.69. The SMILES string of the molecule is CN[C@H](Cc1ccc2ccccc2c1)C(=O)N(C)CCc1ccccc1NC(=O)CN(CC1c2ccccc2-c2ccccc21)C(=O)O. The predicted octanol–water partition coefficient (Wildman–Crippen LogP) is 6.40. The standard InChI is InChI=1S/C40H40N4O4/c1-41-37(24-27-19-20-28-11-3-4-13-30(28)23-27)39(46)43(2)22-21-29-12-5-10-18-36(29)42-38(45)26-44(40(47)48)25-35-33-16-8-6-14-31(33)32-15-7-9-17-34(32)35/h3-20,23,35,37,41H,21-22,24-26H2,1-2H3,(H,42,45)(H,47,48)/t37-/m1/s1. The number of para-hydroxylation sites is 1. The number of carbonyl (C=O) groups excluding carboxylic acids is 2. The van der Waals surface area contributed by atoms with Gasteiger partial charge >= 0.3 is 6.09 Å². The van der Waals surface area contributed by atoms with Crippen molar-refractivity contribution in [1.82, 2.24) is 15.1 Å². The van der Waals surface area contributed by atoms with Crippen LogP contribution in [0.2, 0.25) is 0 Å². The van der Waals surface area contributed by atoms with E-state index < -0.39 is 12.0 Å². The Hall–Kier alpha value is -5.47. The van der Waals surface area contributed by atoms with Crippen molar-refractivity contribution < 1.29 is 19.5 Å². The monoisotopic (exact) mass is 640 g/mol. The Morgan fingerprint density at radius 1 is 0.792 bits per heavy atom. The van der Waals surface area contributed by atoms with Gasteiger partial charge in [0.15, 0.2) is 0 Å². The molecule has 0 saturated carbocycles. The summed E-state index contributed by atoms with van der Waals surface area (Å²) in [6, 6.07) is 37.6. The number of rotatable bonds is 12. The van der Waals surface area contributed by atoms with Crippen molar-refractivity contribution >= 4 is 34.4 Å². The number of amides is 3. The molecule has 1 aliphatic rings. The van der Waals surface area contributed by atoms with Crippen LogP contribution in [-0.2, 0) is 22.4 Å². The molecule has 0 heterocycles. The Morgan fingerprint density at radius 2 is 1.42 bits per heavy atom. The molecular weight excluding hydrogens is 600 g/mol. The predicted molar refractivity (Wildman–Crippen MR) is 190 cm³/mol. The van der Waals surface area contributed by atoms with Crippen molar-refractivity contribution in [2.24, 2.45) is 0 Å². The average molecular weight is 641 g/mol. The highest BCUT2D eigenvalue weighted by molar-refractivity contribution is 5.94. The first-order chi connectivity index (χ1) is 23.3. The number of fused-ring (bicyclic) bond motifs is 4. The van der Waals surface area contributed by atoms with Crippen LogP contribution in [-0.4, -0.2) is 72.6 Å². The Bertz CT molecular complexity index is 1910. The van der Waals surface area contributed by atoms with E-state index in [2.05, 4.69) is 53.1 Å². The number of hydrogen-bond acceptors (Lipinski definition) is 4. The number of nitrogens with zero attached hydrogens (tertiary/aromatic N) is 2. The molecule has 0 aliphatic heterocycles. The summed E-state index contributed by atoms with van der Waals surface area (Å²) >= 11 is 0. The van der Waals surface area contributed by atoms with Gasteiger partial charge in [0.2, 0.25) is 11.8 Å². The van der Waals surface area contributed by atoms with Gasteiger partial charge in [0.1, 0.15) is 6.54 Å². The summed E-state index contributed by atoms with van der Waals surface area (Å²) < 4.78 is 0. The number of nitrogens with one attached hydrogen (secondary N) is 2. The van der Waals surface area contributed by atoms with Crippen LogP contribution in [0.25, 0.3) is 21.9 Å². The lowest BCUT2D eigenvalue weighted by molar-refractivity contribution is -0.132. The molecule has 0 radical (unpaired) electrons. The molecular formula is C40H40N4O4. The van der Waals surface area contributed by atoms with Crippen molar-refractivity contribution in [3.8, 4) is 11.1 Å². The van der Waals surface area contributed by atoms with E-state index in [1.54, 1.807) is 25.1 Å². The number of likely N-dealkylation sites (N-methyl/N-ethyl adjacent to an activating group) is 2. The number of hydrogen-bond donors (Lipinski definition) is 3. The molecule has 0 bridgehead atoms. The minimum absolute atomic E-state index is 0.0145. The fraction of sp³-hybridized carbons (Fsp3) is 0.225. The fourth-order valence-corrected chi connectivity index (χ4v) is 6.69. The van der Waals surface area contributed by atoms with Crippen molar-refractivity contribution in [2.75, 3.05) is 39.0 Å². The van der Waals surface area contributed by atoms with Gasteiger partial charge in [0, 0.05) is 31.7 Å². The molecule has 5 aromatic carbocycles. The molecule has 1 aliphatic carbocycles. The van der Waals surface area contributed by atoms with Gasteiger partial charge in [0.25, 0.3) is 0 Å². The molecule has 1 atom stereocenters. The van der Waals surface area contributed by atoms with E-state index in [-0.39, 0.29) is 31.0 Å².